The number of nitrogens with one attached hydrogen (secondary N) is 1. The van der Waals surface area contributed by atoms with Crippen molar-refractivity contribution in [3.8, 4) is 0 Å². The maximum Gasteiger partial charge on any atom is 0.0809 e. The molecule has 0 bridgehead atoms. The van der Waals surface area contributed by atoms with Crippen molar-refractivity contribution in [1.82, 2.24) is 5.32 Å². The van der Waals surface area contributed by atoms with Crippen molar-refractivity contribution in [3.05, 3.63) is 0 Å². The van der Waals surface area contributed by atoms with Gasteiger partial charge in [-0.25, -0.2) is 0 Å². The third kappa shape index (κ3) is 6.46. The molecular weight excluding hydrogens is 202 g/mol. The number of ether oxygens (including phenoxy) is 2. The SMILES string of the molecule is CC(C)CCNCC(C)OCC1CCCO1. The summed E-state index contributed by atoms with van der Waals surface area (Å²) in [5, 5.41) is 3.43. The molecule has 1 N–H and O–H groups in total. The van der Waals surface area contributed by atoms with Crippen LogP contribution in [0.15, 0.2) is 0 Å². The van der Waals surface area contributed by atoms with Gasteiger partial charge in [-0.15, -0.1) is 0 Å². The molecule has 3 nitrogen and oxygen atoms in total. The molecule has 1 saturated heterocycles. The zero-order valence-electron chi connectivity index (χ0n) is 11.0. The monoisotopic (exact) mass is 229 g/mol. The smallest absolute Gasteiger partial charge is 0.0809 e. The minimum atomic E-state index is 0.288. The summed E-state index contributed by atoms with van der Waals surface area (Å²) in [6.45, 7) is 10.3. The van der Waals surface area contributed by atoms with E-state index in [4.69, 9.17) is 9.47 Å². The topological polar surface area (TPSA) is 30.5 Å². The van der Waals surface area contributed by atoms with Crippen LogP contribution < -0.4 is 5.32 Å². The molecule has 0 aromatic carbocycles. The molecule has 2 atom stereocenters. The summed E-state index contributed by atoms with van der Waals surface area (Å²) >= 11 is 0. The van der Waals surface area contributed by atoms with Gasteiger partial charge in [0.05, 0.1) is 18.8 Å². The molecule has 1 aliphatic rings. The summed E-state index contributed by atoms with van der Waals surface area (Å²) in [6.07, 6.45) is 4.22. The summed E-state index contributed by atoms with van der Waals surface area (Å²) in [4.78, 5) is 0. The predicted octanol–water partition coefficient (Wildman–Crippen LogP) is 2.21. The van der Waals surface area contributed by atoms with E-state index in [1.54, 1.807) is 0 Å². The quantitative estimate of drug-likeness (QED) is 0.647. The summed E-state index contributed by atoms with van der Waals surface area (Å²) in [5.74, 6) is 0.774. The molecular formula is C13H27NO2. The van der Waals surface area contributed by atoms with Crippen LogP contribution >= 0.6 is 0 Å². The largest absolute Gasteiger partial charge is 0.376 e. The second kappa shape index (κ2) is 8.04. The van der Waals surface area contributed by atoms with Crippen LogP contribution in [0.25, 0.3) is 0 Å². The fourth-order valence-corrected chi connectivity index (χ4v) is 1.80. The Balaban J connectivity index is 1.91. The van der Waals surface area contributed by atoms with Crippen molar-refractivity contribution in [2.24, 2.45) is 5.92 Å². The fourth-order valence-electron chi connectivity index (χ4n) is 1.80. The highest BCUT2D eigenvalue weighted by atomic mass is 16.5. The maximum atomic E-state index is 5.75. The fraction of sp³-hybridized carbons (Fsp3) is 1.00. The average molecular weight is 229 g/mol. The van der Waals surface area contributed by atoms with Crippen LogP contribution in [0.5, 0.6) is 0 Å². The first kappa shape index (κ1) is 13.9. The molecule has 2 unspecified atom stereocenters. The summed E-state index contributed by atoms with van der Waals surface area (Å²) < 4.78 is 11.3. The third-order valence-corrected chi connectivity index (χ3v) is 2.92. The Morgan fingerprint density at radius 3 is 2.81 bits per heavy atom. The third-order valence-electron chi connectivity index (χ3n) is 2.92. The van der Waals surface area contributed by atoms with Crippen molar-refractivity contribution in [2.45, 2.75) is 52.2 Å². The van der Waals surface area contributed by atoms with Gasteiger partial charge in [-0.3, -0.25) is 0 Å². The van der Waals surface area contributed by atoms with E-state index in [9.17, 15) is 0 Å². The van der Waals surface area contributed by atoms with Gasteiger partial charge >= 0.3 is 0 Å². The lowest BCUT2D eigenvalue weighted by Gasteiger charge is -2.17. The number of rotatable bonds is 8. The van der Waals surface area contributed by atoms with E-state index in [1.807, 2.05) is 0 Å². The maximum absolute atomic E-state index is 5.75. The minimum absolute atomic E-state index is 0.288. The van der Waals surface area contributed by atoms with E-state index in [0.717, 1.165) is 38.6 Å². The number of hydrogen-bond donors (Lipinski definition) is 1. The lowest BCUT2D eigenvalue weighted by Crippen LogP contribution is -2.30. The molecule has 96 valence electrons. The molecule has 0 radical (unpaired) electrons. The Hall–Kier alpha value is -0.120. The van der Waals surface area contributed by atoms with Gasteiger partial charge in [0.1, 0.15) is 0 Å². The van der Waals surface area contributed by atoms with Gasteiger partial charge in [-0.05, 0) is 38.6 Å². The first-order chi connectivity index (χ1) is 7.68. The highest BCUT2D eigenvalue weighted by Gasteiger charge is 2.16. The predicted molar refractivity (Wildman–Crippen MR) is 66.7 cm³/mol. The molecule has 16 heavy (non-hydrogen) atoms. The lowest BCUT2D eigenvalue weighted by atomic mass is 10.1. The van der Waals surface area contributed by atoms with Crippen molar-refractivity contribution < 1.29 is 9.47 Å². The highest BCUT2D eigenvalue weighted by molar-refractivity contribution is 4.65. The minimum Gasteiger partial charge on any atom is -0.376 e. The van der Waals surface area contributed by atoms with Gasteiger partial charge in [0, 0.05) is 13.2 Å². The van der Waals surface area contributed by atoms with Gasteiger partial charge in [0.15, 0.2) is 0 Å². The van der Waals surface area contributed by atoms with Crippen molar-refractivity contribution in [1.29, 1.82) is 0 Å². The molecule has 1 fully saturated rings. The van der Waals surface area contributed by atoms with E-state index in [1.165, 1.54) is 12.8 Å². The normalized spacial score (nSPS) is 22.9. The summed E-state index contributed by atoms with van der Waals surface area (Å²) in [5.41, 5.74) is 0. The molecule has 3 heteroatoms. The van der Waals surface area contributed by atoms with Crippen LogP contribution in [0.2, 0.25) is 0 Å². The van der Waals surface area contributed by atoms with Crippen LogP contribution in [0.1, 0.15) is 40.0 Å². The van der Waals surface area contributed by atoms with E-state index in [0.29, 0.717) is 6.10 Å². The van der Waals surface area contributed by atoms with Gasteiger partial charge in [-0.1, -0.05) is 13.8 Å². The second-order valence-electron chi connectivity index (χ2n) is 5.17. The summed E-state index contributed by atoms with van der Waals surface area (Å²) in [7, 11) is 0. The molecule has 0 aliphatic carbocycles. The van der Waals surface area contributed by atoms with Crippen molar-refractivity contribution in [3.63, 3.8) is 0 Å². The van der Waals surface area contributed by atoms with Gasteiger partial charge in [0.25, 0.3) is 0 Å². The van der Waals surface area contributed by atoms with Crippen LogP contribution in [0, 0.1) is 5.92 Å². The molecule has 0 spiro atoms. The van der Waals surface area contributed by atoms with Crippen LogP contribution in [-0.2, 0) is 9.47 Å². The molecule has 0 saturated carbocycles. The highest BCUT2D eigenvalue weighted by Crippen LogP contribution is 2.12. The zero-order chi connectivity index (χ0) is 11.8. The van der Waals surface area contributed by atoms with Gasteiger partial charge < -0.3 is 14.8 Å². The van der Waals surface area contributed by atoms with E-state index >= 15 is 0 Å². The first-order valence-electron chi connectivity index (χ1n) is 6.62. The van der Waals surface area contributed by atoms with Crippen LogP contribution in [0.3, 0.4) is 0 Å². The molecule has 0 aromatic rings. The summed E-state index contributed by atoms with van der Waals surface area (Å²) in [6, 6.07) is 0. The van der Waals surface area contributed by atoms with E-state index in [2.05, 4.69) is 26.1 Å². The Labute approximate surface area is 99.9 Å². The second-order valence-corrected chi connectivity index (χ2v) is 5.17. The lowest BCUT2D eigenvalue weighted by molar-refractivity contribution is -0.0132. The Bertz CT molecular complexity index is 167. The van der Waals surface area contributed by atoms with Crippen molar-refractivity contribution in [2.75, 3.05) is 26.3 Å². The molecule has 0 aromatic heterocycles. The van der Waals surface area contributed by atoms with Gasteiger partial charge in [-0.2, -0.15) is 0 Å². The molecule has 1 rings (SSSR count). The molecule has 0 amide bonds. The first-order valence-corrected chi connectivity index (χ1v) is 6.62. The Kier molecular flexibility index (Phi) is 7.01. The zero-order valence-corrected chi connectivity index (χ0v) is 11.0. The van der Waals surface area contributed by atoms with E-state index in [-0.39, 0.29) is 6.10 Å². The molecule has 1 aliphatic heterocycles. The molecule has 1 heterocycles. The van der Waals surface area contributed by atoms with Gasteiger partial charge in [0.2, 0.25) is 0 Å². The van der Waals surface area contributed by atoms with Crippen LogP contribution in [-0.4, -0.2) is 38.5 Å². The Morgan fingerprint density at radius 1 is 1.38 bits per heavy atom. The average Bonchev–Trinajstić information content (AvgIpc) is 2.74. The van der Waals surface area contributed by atoms with Crippen molar-refractivity contribution >= 4 is 0 Å². The standard InChI is InChI=1S/C13H27NO2/c1-11(2)6-7-14-9-12(3)16-10-13-5-4-8-15-13/h11-14H,4-10H2,1-3H3. The van der Waals surface area contributed by atoms with Crippen LogP contribution in [0.4, 0.5) is 0 Å². The Morgan fingerprint density at radius 2 is 2.19 bits per heavy atom. The van der Waals surface area contributed by atoms with E-state index < -0.39 is 0 Å². The number of hydrogen-bond acceptors (Lipinski definition) is 3.